The average molecular weight is 445 g/mol. The lowest BCUT2D eigenvalue weighted by Crippen LogP contribution is -2.58. The number of carbonyl (C=O) groups is 2. The summed E-state index contributed by atoms with van der Waals surface area (Å²) in [5, 5.41) is 2.92. The van der Waals surface area contributed by atoms with Crippen LogP contribution in [-0.4, -0.2) is 50.1 Å². The van der Waals surface area contributed by atoms with Gasteiger partial charge < -0.3 is 19.7 Å². The average Bonchev–Trinajstić information content (AvgIpc) is 2.86. The number of benzene rings is 3. The van der Waals surface area contributed by atoms with E-state index in [1.165, 1.54) is 0 Å². The zero-order valence-electron chi connectivity index (χ0n) is 18.9. The van der Waals surface area contributed by atoms with E-state index in [0.29, 0.717) is 31.0 Å². The van der Waals surface area contributed by atoms with Gasteiger partial charge in [-0.25, -0.2) is 0 Å². The zero-order chi connectivity index (χ0) is 23.2. The number of nitrogens with zero attached hydrogens (tertiary/aromatic N) is 1. The quantitative estimate of drug-likeness (QED) is 0.606. The molecule has 3 aromatic carbocycles. The molecule has 0 bridgehead atoms. The lowest BCUT2D eigenvalue weighted by atomic mass is 9.93. The first kappa shape index (κ1) is 22.4. The van der Waals surface area contributed by atoms with Crippen molar-refractivity contribution < 1.29 is 19.1 Å². The SMILES string of the molecule is COc1ccc(CC(=O)N2CCNC(=O)[C@H]2Cc2ccccc2-c2ccccc2)cc1OC. The minimum absolute atomic E-state index is 0.0840. The number of piperazine rings is 1. The maximum absolute atomic E-state index is 13.3. The Labute approximate surface area is 194 Å². The van der Waals surface area contributed by atoms with Gasteiger partial charge in [0.25, 0.3) is 0 Å². The molecule has 1 aliphatic rings. The maximum Gasteiger partial charge on any atom is 0.243 e. The third kappa shape index (κ3) is 5.00. The van der Waals surface area contributed by atoms with E-state index in [1.54, 1.807) is 31.3 Å². The number of amides is 2. The molecule has 0 aromatic heterocycles. The van der Waals surface area contributed by atoms with Gasteiger partial charge in [-0.3, -0.25) is 9.59 Å². The topological polar surface area (TPSA) is 67.9 Å². The van der Waals surface area contributed by atoms with Gasteiger partial charge in [-0.1, -0.05) is 60.7 Å². The fraction of sp³-hybridized carbons (Fsp3) is 0.259. The lowest BCUT2D eigenvalue weighted by Gasteiger charge is -2.35. The van der Waals surface area contributed by atoms with E-state index in [4.69, 9.17) is 9.47 Å². The highest BCUT2D eigenvalue weighted by atomic mass is 16.5. The van der Waals surface area contributed by atoms with Crippen LogP contribution in [0.15, 0.2) is 72.8 Å². The monoisotopic (exact) mass is 444 g/mol. The molecule has 6 nitrogen and oxygen atoms in total. The summed E-state index contributed by atoms with van der Waals surface area (Å²) in [6.45, 7) is 0.934. The van der Waals surface area contributed by atoms with Gasteiger partial charge in [-0.2, -0.15) is 0 Å². The Hall–Kier alpha value is -3.80. The highest BCUT2D eigenvalue weighted by Gasteiger charge is 2.33. The summed E-state index contributed by atoms with van der Waals surface area (Å²) in [6.07, 6.45) is 0.638. The number of carbonyl (C=O) groups excluding carboxylic acids is 2. The molecule has 6 heteroatoms. The van der Waals surface area contributed by atoms with Gasteiger partial charge in [0.2, 0.25) is 11.8 Å². The molecule has 1 saturated heterocycles. The molecule has 33 heavy (non-hydrogen) atoms. The molecule has 4 rings (SSSR count). The Morgan fingerprint density at radius 1 is 0.970 bits per heavy atom. The molecule has 2 amide bonds. The second kappa shape index (κ2) is 10.2. The third-order valence-corrected chi connectivity index (χ3v) is 5.97. The van der Waals surface area contributed by atoms with Crippen LogP contribution >= 0.6 is 0 Å². The second-order valence-electron chi connectivity index (χ2n) is 7.99. The summed E-state index contributed by atoms with van der Waals surface area (Å²) in [5.41, 5.74) is 4.01. The van der Waals surface area contributed by atoms with Gasteiger partial charge in [0.15, 0.2) is 11.5 Å². The molecule has 1 atom stereocenters. The van der Waals surface area contributed by atoms with E-state index >= 15 is 0 Å². The normalized spacial score (nSPS) is 15.6. The Morgan fingerprint density at radius 2 is 1.70 bits per heavy atom. The van der Waals surface area contributed by atoms with Crippen LogP contribution in [0.25, 0.3) is 11.1 Å². The minimum Gasteiger partial charge on any atom is -0.493 e. The summed E-state index contributed by atoms with van der Waals surface area (Å²) in [6, 6.07) is 23.0. The molecule has 0 spiro atoms. The van der Waals surface area contributed by atoms with E-state index in [2.05, 4.69) is 23.5 Å². The summed E-state index contributed by atoms with van der Waals surface area (Å²) in [4.78, 5) is 27.9. The van der Waals surface area contributed by atoms with Crippen molar-refractivity contribution in [3.63, 3.8) is 0 Å². The largest absolute Gasteiger partial charge is 0.493 e. The minimum atomic E-state index is -0.559. The van der Waals surface area contributed by atoms with Crippen molar-refractivity contribution in [2.75, 3.05) is 27.3 Å². The van der Waals surface area contributed by atoms with Crippen molar-refractivity contribution in [1.82, 2.24) is 10.2 Å². The van der Waals surface area contributed by atoms with Gasteiger partial charge in [0, 0.05) is 19.5 Å². The Morgan fingerprint density at radius 3 is 2.45 bits per heavy atom. The highest BCUT2D eigenvalue weighted by molar-refractivity contribution is 5.90. The van der Waals surface area contributed by atoms with Crippen LogP contribution in [0, 0.1) is 0 Å². The van der Waals surface area contributed by atoms with E-state index in [1.807, 2.05) is 42.5 Å². The van der Waals surface area contributed by atoms with Gasteiger partial charge in [-0.05, 0) is 34.4 Å². The Bertz CT molecular complexity index is 1130. The van der Waals surface area contributed by atoms with Crippen LogP contribution in [0.2, 0.25) is 0 Å². The van der Waals surface area contributed by atoms with Crippen molar-refractivity contribution in [2.24, 2.45) is 0 Å². The predicted molar refractivity (Wildman–Crippen MR) is 127 cm³/mol. The van der Waals surface area contributed by atoms with Crippen LogP contribution < -0.4 is 14.8 Å². The van der Waals surface area contributed by atoms with Crippen molar-refractivity contribution in [3.8, 4) is 22.6 Å². The molecule has 0 saturated carbocycles. The highest BCUT2D eigenvalue weighted by Crippen LogP contribution is 2.29. The van der Waals surface area contributed by atoms with Crippen LogP contribution in [0.4, 0.5) is 0 Å². The molecular formula is C27H28N2O4. The molecular weight excluding hydrogens is 416 g/mol. The smallest absolute Gasteiger partial charge is 0.243 e. The third-order valence-electron chi connectivity index (χ3n) is 5.97. The van der Waals surface area contributed by atoms with Gasteiger partial charge in [0.05, 0.1) is 20.6 Å². The molecule has 1 aliphatic heterocycles. The van der Waals surface area contributed by atoms with Gasteiger partial charge in [-0.15, -0.1) is 0 Å². The van der Waals surface area contributed by atoms with E-state index in [-0.39, 0.29) is 18.2 Å². The summed E-state index contributed by atoms with van der Waals surface area (Å²) < 4.78 is 10.6. The molecule has 0 unspecified atom stereocenters. The number of rotatable bonds is 7. The summed E-state index contributed by atoms with van der Waals surface area (Å²) in [7, 11) is 3.14. The van der Waals surface area contributed by atoms with Gasteiger partial charge >= 0.3 is 0 Å². The number of hydrogen-bond donors (Lipinski definition) is 1. The number of ether oxygens (including phenoxy) is 2. The summed E-state index contributed by atoms with van der Waals surface area (Å²) >= 11 is 0. The fourth-order valence-electron chi connectivity index (χ4n) is 4.29. The Balaban J connectivity index is 1.57. The van der Waals surface area contributed by atoms with Crippen LogP contribution in [0.3, 0.4) is 0 Å². The van der Waals surface area contributed by atoms with Crippen LogP contribution in [0.5, 0.6) is 11.5 Å². The molecule has 1 N–H and O–H groups in total. The van der Waals surface area contributed by atoms with Crippen molar-refractivity contribution in [1.29, 1.82) is 0 Å². The van der Waals surface area contributed by atoms with Crippen molar-refractivity contribution in [3.05, 3.63) is 83.9 Å². The number of hydrogen-bond acceptors (Lipinski definition) is 4. The molecule has 170 valence electrons. The Kier molecular flexibility index (Phi) is 6.93. The zero-order valence-corrected chi connectivity index (χ0v) is 18.9. The molecule has 1 heterocycles. The lowest BCUT2D eigenvalue weighted by molar-refractivity contribution is -0.142. The molecule has 1 fully saturated rings. The molecule has 3 aromatic rings. The number of nitrogens with one attached hydrogen (secondary N) is 1. The summed E-state index contributed by atoms with van der Waals surface area (Å²) in [5.74, 6) is 0.984. The first-order valence-electron chi connectivity index (χ1n) is 11.0. The van der Waals surface area contributed by atoms with Crippen molar-refractivity contribution >= 4 is 11.8 Å². The van der Waals surface area contributed by atoms with Crippen LogP contribution in [0.1, 0.15) is 11.1 Å². The first-order valence-corrected chi connectivity index (χ1v) is 11.0. The predicted octanol–water partition coefficient (Wildman–Crippen LogP) is 3.48. The molecule has 0 radical (unpaired) electrons. The van der Waals surface area contributed by atoms with E-state index in [9.17, 15) is 9.59 Å². The van der Waals surface area contributed by atoms with Crippen LogP contribution in [-0.2, 0) is 22.4 Å². The fourth-order valence-corrected chi connectivity index (χ4v) is 4.29. The first-order chi connectivity index (χ1) is 16.1. The number of methoxy groups -OCH3 is 2. The maximum atomic E-state index is 13.3. The van der Waals surface area contributed by atoms with E-state index < -0.39 is 6.04 Å². The molecule has 0 aliphatic carbocycles. The van der Waals surface area contributed by atoms with Gasteiger partial charge in [0.1, 0.15) is 6.04 Å². The standard InChI is InChI=1S/C27H28N2O4/c1-32-24-13-12-19(16-25(24)33-2)17-26(30)29-15-14-28-27(31)23(29)18-21-10-6-7-11-22(21)20-8-4-3-5-9-20/h3-13,16,23H,14-15,17-18H2,1-2H3,(H,28,31)/t23-/m1/s1. The van der Waals surface area contributed by atoms with Crippen molar-refractivity contribution in [2.45, 2.75) is 18.9 Å². The van der Waals surface area contributed by atoms with E-state index in [0.717, 1.165) is 22.3 Å². The second-order valence-corrected chi connectivity index (χ2v) is 7.99.